The van der Waals surface area contributed by atoms with Gasteiger partial charge in [0.1, 0.15) is 6.29 Å². The van der Waals surface area contributed by atoms with Gasteiger partial charge in [0.15, 0.2) is 0 Å². The Labute approximate surface area is 121 Å². The van der Waals surface area contributed by atoms with E-state index in [1.54, 1.807) is 0 Å². The highest BCUT2D eigenvalue weighted by atomic mass is 16.1. The molecule has 1 fully saturated rings. The lowest BCUT2D eigenvalue weighted by molar-refractivity contribution is 0.112. The first-order valence-electron chi connectivity index (χ1n) is 7.90. The van der Waals surface area contributed by atoms with Gasteiger partial charge in [0.05, 0.1) is 0 Å². The minimum absolute atomic E-state index is 0.913. The van der Waals surface area contributed by atoms with Crippen molar-refractivity contribution < 1.29 is 4.79 Å². The summed E-state index contributed by atoms with van der Waals surface area (Å²) >= 11 is 0. The van der Waals surface area contributed by atoms with Crippen molar-refractivity contribution in [1.82, 2.24) is 4.90 Å². The van der Waals surface area contributed by atoms with Crippen molar-refractivity contribution in [2.45, 2.75) is 32.6 Å². The molecular formula is C17H24N2O. The van der Waals surface area contributed by atoms with E-state index in [-0.39, 0.29) is 0 Å². The summed E-state index contributed by atoms with van der Waals surface area (Å²) in [6, 6.07) is 4.20. The predicted octanol–water partition coefficient (Wildman–Crippen LogP) is 2.52. The molecule has 0 unspecified atom stereocenters. The Balaban J connectivity index is 1.88. The second-order valence-electron chi connectivity index (χ2n) is 5.88. The van der Waals surface area contributed by atoms with E-state index < -0.39 is 0 Å². The van der Waals surface area contributed by atoms with Gasteiger partial charge in [-0.25, -0.2) is 0 Å². The molecule has 0 saturated carbocycles. The number of anilines is 1. The Kier molecular flexibility index (Phi) is 4.06. The maximum absolute atomic E-state index is 11.2. The number of rotatable bonds is 3. The summed E-state index contributed by atoms with van der Waals surface area (Å²) in [6.07, 6.45) is 5.73. The molecule has 0 spiro atoms. The largest absolute Gasteiger partial charge is 0.369 e. The summed E-state index contributed by atoms with van der Waals surface area (Å²) in [5.74, 6) is 0. The van der Waals surface area contributed by atoms with Gasteiger partial charge in [-0.15, -0.1) is 0 Å². The Bertz CT molecular complexity index is 490. The minimum Gasteiger partial charge on any atom is -0.369 e. The molecule has 0 radical (unpaired) electrons. The van der Waals surface area contributed by atoms with Crippen molar-refractivity contribution in [2.75, 3.05) is 37.6 Å². The topological polar surface area (TPSA) is 23.6 Å². The van der Waals surface area contributed by atoms with Crippen LogP contribution in [0.1, 0.15) is 41.3 Å². The molecule has 1 aliphatic carbocycles. The summed E-state index contributed by atoms with van der Waals surface area (Å²) in [5, 5.41) is 0. The number of carbonyl (C=O) groups excluding carboxylic acids is 1. The average molecular weight is 272 g/mol. The van der Waals surface area contributed by atoms with Crippen LogP contribution in [0.4, 0.5) is 5.69 Å². The number of hydrogen-bond acceptors (Lipinski definition) is 3. The molecule has 1 aromatic carbocycles. The van der Waals surface area contributed by atoms with Crippen molar-refractivity contribution in [3.05, 3.63) is 28.8 Å². The molecule has 2 aliphatic rings. The third kappa shape index (κ3) is 2.47. The Morgan fingerprint density at radius 2 is 1.75 bits per heavy atom. The summed E-state index contributed by atoms with van der Waals surface area (Å²) < 4.78 is 0. The van der Waals surface area contributed by atoms with Crippen LogP contribution in [-0.2, 0) is 12.8 Å². The van der Waals surface area contributed by atoms with Crippen LogP contribution in [0.15, 0.2) is 12.1 Å². The SMILES string of the molecule is CCN1CCN(c2ccc(C=O)c3c2CCCC3)CC1. The monoisotopic (exact) mass is 272 g/mol. The molecule has 1 aliphatic heterocycles. The highest BCUT2D eigenvalue weighted by Crippen LogP contribution is 2.33. The van der Waals surface area contributed by atoms with Gasteiger partial charge in [-0.3, -0.25) is 4.79 Å². The van der Waals surface area contributed by atoms with E-state index in [0.717, 1.165) is 57.4 Å². The molecule has 0 aromatic heterocycles. The van der Waals surface area contributed by atoms with Crippen LogP contribution in [0.2, 0.25) is 0 Å². The molecule has 0 bridgehead atoms. The number of likely N-dealkylation sites (N-methyl/N-ethyl adjacent to an activating group) is 1. The Hall–Kier alpha value is -1.35. The first kappa shape index (κ1) is 13.6. The van der Waals surface area contributed by atoms with Crippen molar-refractivity contribution in [2.24, 2.45) is 0 Å². The van der Waals surface area contributed by atoms with Crippen LogP contribution >= 0.6 is 0 Å². The van der Waals surface area contributed by atoms with Crippen molar-refractivity contribution >= 4 is 12.0 Å². The molecule has 3 nitrogen and oxygen atoms in total. The molecular weight excluding hydrogens is 248 g/mol. The zero-order chi connectivity index (χ0) is 13.9. The van der Waals surface area contributed by atoms with Gasteiger partial charge < -0.3 is 9.80 Å². The van der Waals surface area contributed by atoms with Crippen LogP contribution in [0.3, 0.4) is 0 Å². The first-order chi connectivity index (χ1) is 9.83. The summed E-state index contributed by atoms with van der Waals surface area (Å²) in [6.45, 7) is 7.91. The third-order valence-electron chi connectivity index (χ3n) is 4.83. The van der Waals surface area contributed by atoms with E-state index in [2.05, 4.69) is 22.8 Å². The minimum atomic E-state index is 0.913. The number of aldehydes is 1. The van der Waals surface area contributed by atoms with Crippen LogP contribution < -0.4 is 4.90 Å². The highest BCUT2D eigenvalue weighted by molar-refractivity contribution is 5.80. The van der Waals surface area contributed by atoms with Crippen LogP contribution in [-0.4, -0.2) is 43.9 Å². The molecule has 1 aromatic rings. The first-order valence-corrected chi connectivity index (χ1v) is 7.90. The number of fused-ring (bicyclic) bond motifs is 1. The molecule has 0 atom stereocenters. The molecule has 0 amide bonds. The highest BCUT2D eigenvalue weighted by Gasteiger charge is 2.22. The van der Waals surface area contributed by atoms with Crippen molar-refractivity contribution in [3.8, 4) is 0 Å². The van der Waals surface area contributed by atoms with E-state index in [4.69, 9.17) is 0 Å². The number of benzene rings is 1. The lowest BCUT2D eigenvalue weighted by Gasteiger charge is -2.37. The van der Waals surface area contributed by atoms with Gasteiger partial charge >= 0.3 is 0 Å². The van der Waals surface area contributed by atoms with Crippen molar-refractivity contribution in [3.63, 3.8) is 0 Å². The third-order valence-corrected chi connectivity index (χ3v) is 4.83. The lowest BCUT2D eigenvalue weighted by atomic mass is 9.87. The molecule has 3 rings (SSSR count). The predicted molar refractivity (Wildman–Crippen MR) is 82.8 cm³/mol. The Morgan fingerprint density at radius 3 is 2.40 bits per heavy atom. The number of piperazine rings is 1. The second-order valence-corrected chi connectivity index (χ2v) is 5.88. The average Bonchev–Trinajstić information content (AvgIpc) is 2.54. The maximum Gasteiger partial charge on any atom is 0.150 e. The van der Waals surface area contributed by atoms with E-state index in [9.17, 15) is 4.79 Å². The van der Waals surface area contributed by atoms with E-state index in [0.29, 0.717) is 0 Å². The van der Waals surface area contributed by atoms with Gasteiger partial charge in [-0.05, 0) is 55.5 Å². The van der Waals surface area contributed by atoms with E-state index in [1.807, 2.05) is 6.07 Å². The standard InChI is InChI=1S/C17H24N2O/c1-2-18-9-11-19(12-10-18)17-8-7-14(13-20)15-5-3-4-6-16(15)17/h7-8,13H,2-6,9-12H2,1H3. The normalized spacial score (nSPS) is 19.8. The summed E-state index contributed by atoms with van der Waals surface area (Å²) in [4.78, 5) is 16.2. The zero-order valence-electron chi connectivity index (χ0n) is 12.4. The van der Waals surface area contributed by atoms with Crippen LogP contribution in [0.5, 0.6) is 0 Å². The maximum atomic E-state index is 11.2. The fourth-order valence-electron chi connectivity index (χ4n) is 3.59. The van der Waals surface area contributed by atoms with Gasteiger partial charge in [-0.2, -0.15) is 0 Å². The molecule has 3 heteroatoms. The van der Waals surface area contributed by atoms with Crippen molar-refractivity contribution in [1.29, 1.82) is 0 Å². The van der Waals surface area contributed by atoms with Gasteiger partial charge in [-0.1, -0.05) is 6.92 Å². The quantitative estimate of drug-likeness (QED) is 0.790. The lowest BCUT2D eigenvalue weighted by Crippen LogP contribution is -2.46. The Morgan fingerprint density at radius 1 is 1.05 bits per heavy atom. The molecule has 20 heavy (non-hydrogen) atoms. The number of nitrogens with zero attached hydrogens (tertiary/aromatic N) is 2. The number of hydrogen-bond donors (Lipinski definition) is 0. The van der Waals surface area contributed by atoms with E-state index in [1.165, 1.54) is 29.7 Å². The second kappa shape index (κ2) is 5.96. The summed E-state index contributed by atoms with van der Waals surface area (Å²) in [5.41, 5.74) is 5.07. The zero-order valence-corrected chi connectivity index (χ0v) is 12.4. The van der Waals surface area contributed by atoms with Crippen LogP contribution in [0.25, 0.3) is 0 Å². The van der Waals surface area contributed by atoms with Gasteiger partial charge in [0.25, 0.3) is 0 Å². The fourth-order valence-corrected chi connectivity index (χ4v) is 3.59. The van der Waals surface area contributed by atoms with E-state index >= 15 is 0 Å². The van der Waals surface area contributed by atoms with Crippen LogP contribution in [0, 0.1) is 0 Å². The molecule has 108 valence electrons. The fraction of sp³-hybridized carbons (Fsp3) is 0.588. The molecule has 1 heterocycles. The number of carbonyl (C=O) groups is 1. The molecule has 1 saturated heterocycles. The van der Waals surface area contributed by atoms with Gasteiger partial charge in [0.2, 0.25) is 0 Å². The molecule has 0 N–H and O–H groups in total. The van der Waals surface area contributed by atoms with Gasteiger partial charge in [0, 0.05) is 37.4 Å². The smallest absolute Gasteiger partial charge is 0.150 e. The summed E-state index contributed by atoms with van der Waals surface area (Å²) in [7, 11) is 0.